The van der Waals surface area contributed by atoms with Crippen molar-refractivity contribution in [3.05, 3.63) is 59.2 Å². The van der Waals surface area contributed by atoms with E-state index in [2.05, 4.69) is 5.32 Å². The first-order valence-corrected chi connectivity index (χ1v) is 10.5. The fourth-order valence-electron chi connectivity index (χ4n) is 4.22. The van der Waals surface area contributed by atoms with Gasteiger partial charge in [-0.25, -0.2) is 0 Å². The standard InChI is InChI=1S/C24H27N3O3/c1-16-9-10-20(12-17(16)2)27-15-19(13-22(27)28)24(30)25-14-23(29)26-11-5-7-18-6-3-4-8-21(18)26/h3-4,6,8-10,12,19H,5,7,11,13-15H2,1-2H3,(H,25,30)/t19-/m0/s1. The third-order valence-corrected chi connectivity index (χ3v) is 6.12. The topological polar surface area (TPSA) is 69.7 Å². The maximum absolute atomic E-state index is 12.7. The summed E-state index contributed by atoms with van der Waals surface area (Å²) < 4.78 is 0. The van der Waals surface area contributed by atoms with E-state index in [1.54, 1.807) is 9.80 Å². The second kappa shape index (κ2) is 8.30. The Labute approximate surface area is 176 Å². The van der Waals surface area contributed by atoms with Crippen LogP contribution in [0.1, 0.15) is 29.5 Å². The monoisotopic (exact) mass is 405 g/mol. The van der Waals surface area contributed by atoms with E-state index >= 15 is 0 Å². The highest BCUT2D eigenvalue weighted by molar-refractivity contribution is 6.02. The van der Waals surface area contributed by atoms with Crippen molar-refractivity contribution in [2.75, 3.05) is 29.4 Å². The van der Waals surface area contributed by atoms with Crippen LogP contribution in [0, 0.1) is 19.8 Å². The van der Waals surface area contributed by atoms with Crippen molar-refractivity contribution in [3.8, 4) is 0 Å². The third kappa shape index (κ3) is 3.95. The minimum Gasteiger partial charge on any atom is -0.347 e. The summed E-state index contributed by atoms with van der Waals surface area (Å²) in [6.45, 7) is 4.98. The number of hydrogen-bond donors (Lipinski definition) is 1. The zero-order valence-electron chi connectivity index (χ0n) is 17.5. The van der Waals surface area contributed by atoms with Crippen molar-refractivity contribution in [1.82, 2.24) is 5.32 Å². The molecule has 30 heavy (non-hydrogen) atoms. The highest BCUT2D eigenvalue weighted by Crippen LogP contribution is 2.28. The molecule has 3 amide bonds. The minimum atomic E-state index is -0.444. The summed E-state index contributed by atoms with van der Waals surface area (Å²) in [4.78, 5) is 41.3. The van der Waals surface area contributed by atoms with Gasteiger partial charge < -0.3 is 15.1 Å². The summed E-state index contributed by atoms with van der Waals surface area (Å²) in [5.74, 6) is -0.866. The molecule has 2 aliphatic heterocycles. The molecule has 156 valence electrons. The lowest BCUT2D eigenvalue weighted by Crippen LogP contribution is -2.44. The average molecular weight is 405 g/mol. The molecule has 2 aromatic carbocycles. The third-order valence-electron chi connectivity index (χ3n) is 6.12. The number of carbonyl (C=O) groups is 3. The normalized spacial score (nSPS) is 18.3. The number of hydrogen-bond acceptors (Lipinski definition) is 3. The number of aryl methyl sites for hydroxylation is 3. The Balaban J connectivity index is 1.36. The molecule has 0 aliphatic carbocycles. The molecule has 6 nitrogen and oxygen atoms in total. The quantitative estimate of drug-likeness (QED) is 0.850. The Bertz CT molecular complexity index is 1000. The first-order chi connectivity index (χ1) is 14.4. The number of carbonyl (C=O) groups excluding carboxylic acids is 3. The number of nitrogens with one attached hydrogen (secondary N) is 1. The van der Waals surface area contributed by atoms with Gasteiger partial charge in [0.25, 0.3) is 0 Å². The van der Waals surface area contributed by atoms with Gasteiger partial charge in [0.2, 0.25) is 17.7 Å². The van der Waals surface area contributed by atoms with Crippen LogP contribution in [0.25, 0.3) is 0 Å². The molecular weight excluding hydrogens is 378 g/mol. The SMILES string of the molecule is Cc1ccc(N2C[C@@H](C(=O)NCC(=O)N3CCCc4ccccc43)CC2=O)cc1C. The van der Waals surface area contributed by atoms with E-state index in [9.17, 15) is 14.4 Å². The minimum absolute atomic E-state index is 0.0541. The van der Waals surface area contributed by atoms with Gasteiger partial charge in [-0.05, 0) is 61.6 Å². The van der Waals surface area contributed by atoms with E-state index in [1.807, 2.05) is 56.3 Å². The molecule has 0 aromatic heterocycles. The van der Waals surface area contributed by atoms with Gasteiger partial charge in [-0.3, -0.25) is 14.4 Å². The van der Waals surface area contributed by atoms with Crippen LogP contribution in [-0.2, 0) is 20.8 Å². The van der Waals surface area contributed by atoms with E-state index in [1.165, 1.54) is 0 Å². The maximum Gasteiger partial charge on any atom is 0.246 e. The lowest BCUT2D eigenvalue weighted by molar-refractivity contribution is -0.128. The van der Waals surface area contributed by atoms with Crippen LogP contribution in [0.15, 0.2) is 42.5 Å². The smallest absolute Gasteiger partial charge is 0.246 e. The molecular formula is C24H27N3O3. The van der Waals surface area contributed by atoms with Crippen LogP contribution >= 0.6 is 0 Å². The second-order valence-corrected chi connectivity index (χ2v) is 8.17. The molecule has 0 saturated carbocycles. The van der Waals surface area contributed by atoms with Crippen molar-refractivity contribution >= 4 is 29.1 Å². The number of rotatable bonds is 4. The van der Waals surface area contributed by atoms with Gasteiger partial charge in [0, 0.05) is 30.9 Å². The van der Waals surface area contributed by atoms with Crippen molar-refractivity contribution < 1.29 is 14.4 Å². The lowest BCUT2D eigenvalue weighted by atomic mass is 10.0. The van der Waals surface area contributed by atoms with Crippen LogP contribution in [-0.4, -0.2) is 37.4 Å². The van der Waals surface area contributed by atoms with Crippen LogP contribution in [0.4, 0.5) is 11.4 Å². The van der Waals surface area contributed by atoms with Gasteiger partial charge in [0.15, 0.2) is 0 Å². The molecule has 4 rings (SSSR count). The Morgan fingerprint density at radius 1 is 1.10 bits per heavy atom. The largest absolute Gasteiger partial charge is 0.347 e. The average Bonchev–Trinajstić information content (AvgIpc) is 3.15. The molecule has 2 heterocycles. The van der Waals surface area contributed by atoms with Gasteiger partial charge >= 0.3 is 0 Å². The summed E-state index contributed by atoms with van der Waals surface area (Å²) in [7, 11) is 0. The van der Waals surface area contributed by atoms with E-state index < -0.39 is 5.92 Å². The van der Waals surface area contributed by atoms with Crippen molar-refractivity contribution in [3.63, 3.8) is 0 Å². The van der Waals surface area contributed by atoms with Gasteiger partial charge in [-0.15, -0.1) is 0 Å². The highest BCUT2D eigenvalue weighted by Gasteiger charge is 2.35. The predicted octanol–water partition coefficient (Wildman–Crippen LogP) is 2.75. The van der Waals surface area contributed by atoms with E-state index in [0.717, 1.165) is 40.9 Å². The summed E-state index contributed by atoms with van der Waals surface area (Å²) in [5, 5.41) is 2.76. The molecule has 1 saturated heterocycles. The predicted molar refractivity (Wildman–Crippen MR) is 117 cm³/mol. The number of amides is 3. The van der Waals surface area contributed by atoms with Crippen LogP contribution in [0.3, 0.4) is 0 Å². The Morgan fingerprint density at radius 2 is 1.90 bits per heavy atom. The number of para-hydroxylation sites is 1. The number of nitrogens with zero attached hydrogens (tertiary/aromatic N) is 2. The van der Waals surface area contributed by atoms with Gasteiger partial charge in [-0.1, -0.05) is 24.3 Å². The molecule has 2 aromatic rings. The Morgan fingerprint density at radius 3 is 2.70 bits per heavy atom. The molecule has 0 spiro atoms. The van der Waals surface area contributed by atoms with Gasteiger partial charge in [0.05, 0.1) is 12.5 Å². The Hall–Kier alpha value is -3.15. The first-order valence-electron chi connectivity index (χ1n) is 10.5. The van der Waals surface area contributed by atoms with Gasteiger partial charge in [0.1, 0.15) is 0 Å². The maximum atomic E-state index is 12.7. The second-order valence-electron chi connectivity index (χ2n) is 8.17. The molecule has 1 fully saturated rings. The summed E-state index contributed by atoms with van der Waals surface area (Å²) in [5.41, 5.74) is 5.19. The fourth-order valence-corrected chi connectivity index (χ4v) is 4.22. The molecule has 0 bridgehead atoms. The molecule has 6 heteroatoms. The number of benzene rings is 2. The molecule has 1 atom stereocenters. The fraction of sp³-hybridized carbons (Fsp3) is 0.375. The molecule has 2 aliphatic rings. The first kappa shape index (κ1) is 20.1. The van der Waals surface area contributed by atoms with E-state index in [4.69, 9.17) is 0 Å². The van der Waals surface area contributed by atoms with E-state index in [-0.39, 0.29) is 30.7 Å². The zero-order valence-corrected chi connectivity index (χ0v) is 17.5. The van der Waals surface area contributed by atoms with Gasteiger partial charge in [-0.2, -0.15) is 0 Å². The van der Waals surface area contributed by atoms with Crippen LogP contribution in [0.2, 0.25) is 0 Å². The summed E-state index contributed by atoms with van der Waals surface area (Å²) in [6, 6.07) is 13.8. The van der Waals surface area contributed by atoms with E-state index in [0.29, 0.717) is 13.1 Å². The Kier molecular flexibility index (Phi) is 5.57. The van der Waals surface area contributed by atoms with Crippen LogP contribution < -0.4 is 15.1 Å². The number of fused-ring (bicyclic) bond motifs is 1. The summed E-state index contributed by atoms with van der Waals surface area (Å²) >= 11 is 0. The molecule has 1 N–H and O–H groups in total. The molecule has 0 radical (unpaired) electrons. The number of anilines is 2. The molecule has 0 unspecified atom stereocenters. The zero-order chi connectivity index (χ0) is 21.3. The van der Waals surface area contributed by atoms with Crippen LogP contribution in [0.5, 0.6) is 0 Å². The summed E-state index contributed by atoms with van der Waals surface area (Å²) in [6.07, 6.45) is 2.04. The highest BCUT2D eigenvalue weighted by atomic mass is 16.2. The lowest BCUT2D eigenvalue weighted by Gasteiger charge is -2.29. The van der Waals surface area contributed by atoms with Crippen molar-refractivity contribution in [1.29, 1.82) is 0 Å². The van der Waals surface area contributed by atoms with Crippen molar-refractivity contribution in [2.24, 2.45) is 5.92 Å². The van der Waals surface area contributed by atoms with Crippen molar-refractivity contribution in [2.45, 2.75) is 33.1 Å².